The Kier molecular flexibility index (Phi) is 6.79. The van der Waals surface area contributed by atoms with E-state index in [4.69, 9.17) is 5.73 Å². The molecule has 118 valence electrons. The molecule has 3 nitrogen and oxygen atoms in total. The van der Waals surface area contributed by atoms with E-state index in [0.717, 1.165) is 24.4 Å². The van der Waals surface area contributed by atoms with Crippen LogP contribution in [-0.2, 0) is 0 Å². The Balaban J connectivity index is 1.67. The molecule has 2 aliphatic heterocycles. The number of hydrogen-bond donors (Lipinski definition) is 1. The minimum Gasteiger partial charge on any atom is -0.330 e. The smallest absolute Gasteiger partial charge is 0.0145 e. The van der Waals surface area contributed by atoms with Gasteiger partial charge in [-0.25, -0.2) is 0 Å². The van der Waals surface area contributed by atoms with E-state index in [1.165, 1.54) is 71.1 Å². The molecule has 2 fully saturated rings. The van der Waals surface area contributed by atoms with Crippen LogP contribution < -0.4 is 5.73 Å². The maximum absolute atomic E-state index is 5.69. The van der Waals surface area contributed by atoms with E-state index in [9.17, 15) is 0 Å². The molecule has 0 aromatic rings. The third kappa shape index (κ3) is 4.44. The molecule has 0 aromatic heterocycles. The fraction of sp³-hybridized carbons (Fsp3) is 1.00. The van der Waals surface area contributed by atoms with Crippen molar-refractivity contribution in [2.24, 2.45) is 17.6 Å². The van der Waals surface area contributed by atoms with E-state index in [1.807, 2.05) is 0 Å². The van der Waals surface area contributed by atoms with E-state index >= 15 is 0 Å². The first kappa shape index (κ1) is 16.3. The van der Waals surface area contributed by atoms with E-state index in [-0.39, 0.29) is 0 Å². The minimum atomic E-state index is 0.859. The molecule has 3 unspecified atom stereocenters. The molecule has 0 radical (unpaired) electrons. The van der Waals surface area contributed by atoms with Gasteiger partial charge in [-0.3, -0.25) is 0 Å². The number of rotatable bonds is 7. The molecule has 0 aliphatic carbocycles. The molecule has 20 heavy (non-hydrogen) atoms. The molecular formula is C17H35N3. The molecule has 0 saturated carbocycles. The van der Waals surface area contributed by atoms with Crippen molar-refractivity contribution in [1.82, 2.24) is 9.80 Å². The SMILES string of the molecule is CCC(CCN)CCCN1CCC2C(CCCN2C)C1. The van der Waals surface area contributed by atoms with Crippen LogP contribution in [0.4, 0.5) is 0 Å². The van der Waals surface area contributed by atoms with Crippen LogP contribution in [-0.4, -0.2) is 55.6 Å². The number of likely N-dealkylation sites (tertiary alicyclic amines) is 2. The number of nitrogens with zero attached hydrogens (tertiary/aromatic N) is 2. The van der Waals surface area contributed by atoms with Gasteiger partial charge in [0.25, 0.3) is 0 Å². The highest BCUT2D eigenvalue weighted by molar-refractivity contribution is 4.89. The molecule has 2 saturated heterocycles. The van der Waals surface area contributed by atoms with E-state index in [1.54, 1.807) is 0 Å². The molecule has 0 bridgehead atoms. The lowest BCUT2D eigenvalue weighted by atomic mass is 9.84. The fourth-order valence-electron chi connectivity index (χ4n) is 4.32. The van der Waals surface area contributed by atoms with Crippen LogP contribution in [0.25, 0.3) is 0 Å². The van der Waals surface area contributed by atoms with Gasteiger partial charge in [-0.15, -0.1) is 0 Å². The first-order valence-corrected chi connectivity index (χ1v) is 8.87. The topological polar surface area (TPSA) is 32.5 Å². The summed E-state index contributed by atoms with van der Waals surface area (Å²) in [7, 11) is 2.32. The Morgan fingerprint density at radius 1 is 1.20 bits per heavy atom. The zero-order valence-electron chi connectivity index (χ0n) is 13.7. The molecule has 0 amide bonds. The van der Waals surface area contributed by atoms with Crippen LogP contribution in [0.1, 0.15) is 51.9 Å². The lowest BCUT2D eigenvalue weighted by molar-refractivity contribution is 0.0375. The van der Waals surface area contributed by atoms with Gasteiger partial charge < -0.3 is 15.5 Å². The summed E-state index contributed by atoms with van der Waals surface area (Å²) in [6.45, 7) is 8.47. The predicted molar refractivity (Wildman–Crippen MR) is 86.9 cm³/mol. The van der Waals surface area contributed by atoms with Crippen LogP contribution in [0.3, 0.4) is 0 Å². The molecule has 3 heteroatoms. The number of nitrogens with two attached hydrogens (primary N) is 1. The summed E-state index contributed by atoms with van der Waals surface area (Å²) in [4.78, 5) is 5.34. The summed E-state index contributed by atoms with van der Waals surface area (Å²) in [5.74, 6) is 1.80. The van der Waals surface area contributed by atoms with Crippen molar-refractivity contribution in [3.05, 3.63) is 0 Å². The van der Waals surface area contributed by atoms with Crippen LogP contribution >= 0.6 is 0 Å². The van der Waals surface area contributed by atoms with Gasteiger partial charge in [0.15, 0.2) is 0 Å². The molecule has 0 aromatic carbocycles. The Bertz CT molecular complexity index is 269. The highest BCUT2D eigenvalue weighted by Gasteiger charge is 2.33. The van der Waals surface area contributed by atoms with Gasteiger partial charge in [0, 0.05) is 12.6 Å². The van der Waals surface area contributed by atoms with Gasteiger partial charge in [-0.1, -0.05) is 13.3 Å². The van der Waals surface area contributed by atoms with Gasteiger partial charge in [-0.05, 0) is 83.6 Å². The zero-order valence-corrected chi connectivity index (χ0v) is 13.7. The third-order valence-corrected chi connectivity index (χ3v) is 5.67. The molecule has 0 spiro atoms. The summed E-state index contributed by atoms with van der Waals surface area (Å²) in [6, 6.07) is 0.876. The third-order valence-electron chi connectivity index (χ3n) is 5.67. The van der Waals surface area contributed by atoms with E-state index < -0.39 is 0 Å². The van der Waals surface area contributed by atoms with Crippen molar-refractivity contribution in [2.75, 3.05) is 39.8 Å². The Labute approximate surface area is 125 Å². The van der Waals surface area contributed by atoms with Gasteiger partial charge in [0.2, 0.25) is 0 Å². The first-order valence-electron chi connectivity index (χ1n) is 8.87. The lowest BCUT2D eigenvalue weighted by Gasteiger charge is -2.46. The molecule has 2 rings (SSSR count). The van der Waals surface area contributed by atoms with Gasteiger partial charge in [0.05, 0.1) is 0 Å². The van der Waals surface area contributed by atoms with Crippen molar-refractivity contribution >= 4 is 0 Å². The highest BCUT2D eigenvalue weighted by Crippen LogP contribution is 2.29. The van der Waals surface area contributed by atoms with Crippen molar-refractivity contribution in [2.45, 2.75) is 57.9 Å². The van der Waals surface area contributed by atoms with Crippen LogP contribution in [0.5, 0.6) is 0 Å². The maximum atomic E-state index is 5.69. The van der Waals surface area contributed by atoms with E-state index in [2.05, 4.69) is 23.8 Å². The fourth-order valence-corrected chi connectivity index (χ4v) is 4.32. The number of fused-ring (bicyclic) bond motifs is 1. The van der Waals surface area contributed by atoms with Crippen LogP contribution in [0.2, 0.25) is 0 Å². The zero-order chi connectivity index (χ0) is 14.4. The van der Waals surface area contributed by atoms with E-state index in [0.29, 0.717) is 0 Å². The summed E-state index contributed by atoms with van der Waals surface area (Å²) in [6.07, 6.45) is 9.50. The molecule has 2 aliphatic rings. The first-order chi connectivity index (χ1) is 9.74. The molecular weight excluding hydrogens is 246 g/mol. The second-order valence-electron chi connectivity index (χ2n) is 7.03. The lowest BCUT2D eigenvalue weighted by Crippen LogP contribution is -2.52. The second-order valence-corrected chi connectivity index (χ2v) is 7.03. The highest BCUT2D eigenvalue weighted by atomic mass is 15.2. The normalized spacial score (nSPS) is 30.1. The second kappa shape index (κ2) is 8.35. The van der Waals surface area contributed by atoms with Crippen LogP contribution in [0, 0.1) is 11.8 Å². The monoisotopic (exact) mass is 281 g/mol. The Hall–Kier alpha value is -0.120. The minimum absolute atomic E-state index is 0.859. The molecule has 3 atom stereocenters. The average molecular weight is 281 g/mol. The van der Waals surface area contributed by atoms with Crippen molar-refractivity contribution < 1.29 is 0 Å². The average Bonchev–Trinajstić information content (AvgIpc) is 2.46. The van der Waals surface area contributed by atoms with Crippen molar-refractivity contribution in [3.8, 4) is 0 Å². The Morgan fingerprint density at radius 2 is 2.05 bits per heavy atom. The number of hydrogen-bond acceptors (Lipinski definition) is 3. The summed E-state index contributed by atoms with van der Waals surface area (Å²) in [5.41, 5.74) is 5.69. The largest absolute Gasteiger partial charge is 0.330 e. The Morgan fingerprint density at radius 3 is 2.80 bits per heavy atom. The standard InChI is InChI=1S/C17H35N3/c1-3-15(8-10-18)6-4-12-20-13-9-17-16(14-20)7-5-11-19(17)2/h15-17H,3-14,18H2,1-2H3. The quantitative estimate of drug-likeness (QED) is 0.778. The maximum Gasteiger partial charge on any atom is 0.0145 e. The van der Waals surface area contributed by atoms with Gasteiger partial charge >= 0.3 is 0 Å². The van der Waals surface area contributed by atoms with Gasteiger partial charge in [-0.2, -0.15) is 0 Å². The molecule has 2 heterocycles. The number of piperidine rings is 2. The summed E-state index contributed by atoms with van der Waals surface area (Å²) >= 11 is 0. The summed E-state index contributed by atoms with van der Waals surface area (Å²) in [5, 5.41) is 0. The van der Waals surface area contributed by atoms with Crippen LogP contribution in [0.15, 0.2) is 0 Å². The van der Waals surface area contributed by atoms with Gasteiger partial charge in [0.1, 0.15) is 0 Å². The van der Waals surface area contributed by atoms with Crippen molar-refractivity contribution in [1.29, 1.82) is 0 Å². The van der Waals surface area contributed by atoms with Crippen molar-refractivity contribution in [3.63, 3.8) is 0 Å². The summed E-state index contributed by atoms with van der Waals surface area (Å²) < 4.78 is 0. The molecule has 2 N–H and O–H groups in total. The predicted octanol–water partition coefficient (Wildman–Crippen LogP) is 2.56.